The fraction of sp³-hybridized carbons (Fsp3) is 1.00. The predicted octanol–water partition coefficient (Wildman–Crippen LogP) is 2.09. The standard InChI is InChI=1S/C12H24N2S/c13-10-12(6-9-15-11-12)14-7-4-2-1-3-5-8-14/h1-11,13H2. The molecule has 0 amide bonds. The molecule has 2 aliphatic rings. The topological polar surface area (TPSA) is 29.3 Å². The Kier molecular flexibility index (Phi) is 4.35. The average molecular weight is 228 g/mol. The largest absolute Gasteiger partial charge is 0.329 e. The molecule has 2 N–H and O–H groups in total. The molecular formula is C12H24N2S. The van der Waals surface area contributed by atoms with Crippen molar-refractivity contribution in [3.63, 3.8) is 0 Å². The number of nitrogens with zero attached hydrogens (tertiary/aromatic N) is 1. The molecule has 0 bridgehead atoms. The molecule has 0 radical (unpaired) electrons. The number of hydrogen-bond acceptors (Lipinski definition) is 3. The zero-order valence-electron chi connectivity index (χ0n) is 9.71. The van der Waals surface area contributed by atoms with Crippen molar-refractivity contribution in [1.82, 2.24) is 4.90 Å². The minimum Gasteiger partial charge on any atom is -0.329 e. The van der Waals surface area contributed by atoms with Crippen LogP contribution >= 0.6 is 11.8 Å². The van der Waals surface area contributed by atoms with E-state index in [9.17, 15) is 0 Å². The monoisotopic (exact) mass is 228 g/mol. The normalized spacial score (nSPS) is 35.0. The molecule has 88 valence electrons. The van der Waals surface area contributed by atoms with Gasteiger partial charge in [-0.15, -0.1) is 0 Å². The number of nitrogens with two attached hydrogens (primary N) is 1. The van der Waals surface area contributed by atoms with Crippen molar-refractivity contribution >= 4 is 11.8 Å². The molecule has 1 unspecified atom stereocenters. The van der Waals surface area contributed by atoms with Gasteiger partial charge in [-0.25, -0.2) is 0 Å². The van der Waals surface area contributed by atoms with Gasteiger partial charge in [-0.05, 0) is 38.1 Å². The summed E-state index contributed by atoms with van der Waals surface area (Å²) in [6.45, 7) is 3.44. The van der Waals surface area contributed by atoms with Crippen LogP contribution in [0.1, 0.15) is 38.5 Å². The Morgan fingerprint density at radius 2 is 1.73 bits per heavy atom. The summed E-state index contributed by atoms with van der Waals surface area (Å²) in [5.41, 5.74) is 6.40. The van der Waals surface area contributed by atoms with E-state index in [1.165, 1.54) is 63.1 Å². The van der Waals surface area contributed by atoms with Gasteiger partial charge in [0.05, 0.1) is 0 Å². The van der Waals surface area contributed by atoms with Crippen LogP contribution in [0, 0.1) is 0 Å². The molecule has 2 heterocycles. The highest BCUT2D eigenvalue weighted by Gasteiger charge is 2.38. The molecular weight excluding hydrogens is 204 g/mol. The molecule has 15 heavy (non-hydrogen) atoms. The van der Waals surface area contributed by atoms with Gasteiger partial charge in [0.2, 0.25) is 0 Å². The third-order valence-corrected chi connectivity index (χ3v) is 5.22. The summed E-state index contributed by atoms with van der Waals surface area (Å²) < 4.78 is 0. The highest BCUT2D eigenvalue weighted by atomic mass is 32.2. The van der Waals surface area contributed by atoms with Crippen LogP contribution in [0.15, 0.2) is 0 Å². The van der Waals surface area contributed by atoms with Gasteiger partial charge in [0.15, 0.2) is 0 Å². The van der Waals surface area contributed by atoms with Crippen molar-refractivity contribution in [1.29, 1.82) is 0 Å². The van der Waals surface area contributed by atoms with Gasteiger partial charge in [-0.3, -0.25) is 4.90 Å². The first-order chi connectivity index (χ1) is 7.37. The third-order valence-electron chi connectivity index (χ3n) is 3.99. The smallest absolute Gasteiger partial charge is 0.0429 e. The SMILES string of the molecule is NCC1(N2CCCCCCC2)CCSC1. The Morgan fingerprint density at radius 3 is 2.27 bits per heavy atom. The summed E-state index contributed by atoms with van der Waals surface area (Å²) in [7, 11) is 0. The van der Waals surface area contributed by atoms with E-state index in [1.54, 1.807) is 0 Å². The van der Waals surface area contributed by atoms with Gasteiger partial charge in [-0.1, -0.05) is 19.3 Å². The van der Waals surface area contributed by atoms with E-state index in [0.29, 0.717) is 5.54 Å². The molecule has 2 nitrogen and oxygen atoms in total. The van der Waals surface area contributed by atoms with Crippen molar-refractivity contribution in [3.8, 4) is 0 Å². The van der Waals surface area contributed by atoms with Crippen molar-refractivity contribution in [2.45, 2.75) is 44.1 Å². The van der Waals surface area contributed by atoms with Crippen molar-refractivity contribution < 1.29 is 0 Å². The molecule has 0 aromatic carbocycles. The van der Waals surface area contributed by atoms with Crippen LogP contribution < -0.4 is 5.73 Å². The zero-order valence-corrected chi connectivity index (χ0v) is 10.5. The van der Waals surface area contributed by atoms with Crippen LogP contribution in [0.5, 0.6) is 0 Å². The summed E-state index contributed by atoms with van der Waals surface area (Å²) >= 11 is 2.09. The van der Waals surface area contributed by atoms with Gasteiger partial charge in [0, 0.05) is 17.8 Å². The number of likely N-dealkylation sites (tertiary alicyclic amines) is 1. The first kappa shape index (κ1) is 11.7. The molecule has 0 aromatic rings. The quantitative estimate of drug-likeness (QED) is 0.785. The van der Waals surface area contributed by atoms with Crippen molar-refractivity contribution in [2.75, 3.05) is 31.1 Å². The fourth-order valence-electron chi connectivity index (χ4n) is 2.86. The van der Waals surface area contributed by atoms with E-state index in [-0.39, 0.29) is 0 Å². The maximum atomic E-state index is 6.03. The van der Waals surface area contributed by atoms with E-state index in [2.05, 4.69) is 16.7 Å². The van der Waals surface area contributed by atoms with Gasteiger partial charge >= 0.3 is 0 Å². The van der Waals surface area contributed by atoms with E-state index < -0.39 is 0 Å². The molecule has 3 heteroatoms. The first-order valence-electron chi connectivity index (χ1n) is 6.40. The predicted molar refractivity (Wildman–Crippen MR) is 68.4 cm³/mol. The lowest BCUT2D eigenvalue weighted by Gasteiger charge is -2.41. The maximum absolute atomic E-state index is 6.03. The Hall–Kier alpha value is 0.270. The first-order valence-corrected chi connectivity index (χ1v) is 7.56. The second-order valence-electron chi connectivity index (χ2n) is 4.99. The lowest BCUT2D eigenvalue weighted by molar-refractivity contribution is 0.105. The van der Waals surface area contributed by atoms with Crippen LogP contribution in [-0.2, 0) is 0 Å². The molecule has 0 aliphatic carbocycles. The molecule has 2 fully saturated rings. The van der Waals surface area contributed by atoms with Crippen LogP contribution in [-0.4, -0.2) is 41.6 Å². The number of thioether (sulfide) groups is 1. The fourth-order valence-corrected chi connectivity index (χ4v) is 4.35. The molecule has 0 saturated carbocycles. The second-order valence-corrected chi connectivity index (χ2v) is 6.09. The molecule has 2 saturated heterocycles. The van der Waals surface area contributed by atoms with Crippen LogP contribution in [0.25, 0.3) is 0 Å². The second kappa shape index (κ2) is 5.55. The minimum absolute atomic E-state index is 0.363. The molecule has 2 aliphatic heterocycles. The Bertz CT molecular complexity index is 182. The summed E-state index contributed by atoms with van der Waals surface area (Å²) in [5, 5.41) is 0. The van der Waals surface area contributed by atoms with Gasteiger partial charge in [0.1, 0.15) is 0 Å². The van der Waals surface area contributed by atoms with E-state index in [1.807, 2.05) is 0 Å². The van der Waals surface area contributed by atoms with E-state index in [4.69, 9.17) is 5.73 Å². The van der Waals surface area contributed by atoms with Crippen LogP contribution in [0.4, 0.5) is 0 Å². The van der Waals surface area contributed by atoms with Gasteiger partial charge < -0.3 is 5.73 Å². The van der Waals surface area contributed by atoms with Gasteiger partial charge in [-0.2, -0.15) is 11.8 Å². The third kappa shape index (κ3) is 2.69. The zero-order chi connectivity index (χ0) is 10.6. The molecule has 1 atom stereocenters. The van der Waals surface area contributed by atoms with E-state index >= 15 is 0 Å². The van der Waals surface area contributed by atoms with Crippen LogP contribution in [0.2, 0.25) is 0 Å². The maximum Gasteiger partial charge on any atom is 0.0429 e. The molecule has 2 rings (SSSR count). The van der Waals surface area contributed by atoms with Gasteiger partial charge in [0.25, 0.3) is 0 Å². The highest BCUT2D eigenvalue weighted by Crippen LogP contribution is 2.33. The number of rotatable bonds is 2. The average Bonchev–Trinajstić information content (AvgIpc) is 2.67. The van der Waals surface area contributed by atoms with Crippen molar-refractivity contribution in [3.05, 3.63) is 0 Å². The highest BCUT2D eigenvalue weighted by molar-refractivity contribution is 7.99. The molecule has 0 spiro atoms. The van der Waals surface area contributed by atoms with Crippen LogP contribution in [0.3, 0.4) is 0 Å². The van der Waals surface area contributed by atoms with Crippen molar-refractivity contribution in [2.24, 2.45) is 5.73 Å². The number of hydrogen-bond donors (Lipinski definition) is 1. The summed E-state index contributed by atoms with van der Waals surface area (Å²) in [4.78, 5) is 2.71. The lowest BCUT2D eigenvalue weighted by Crippen LogP contribution is -2.55. The minimum atomic E-state index is 0.363. The molecule has 0 aromatic heterocycles. The Morgan fingerprint density at radius 1 is 1.07 bits per heavy atom. The summed E-state index contributed by atoms with van der Waals surface area (Å²) in [6, 6.07) is 0. The Labute approximate surface area is 98.0 Å². The van der Waals surface area contributed by atoms with E-state index in [0.717, 1.165) is 6.54 Å². The summed E-state index contributed by atoms with van der Waals surface area (Å²) in [6.07, 6.45) is 8.36. The summed E-state index contributed by atoms with van der Waals surface area (Å²) in [5.74, 6) is 2.58. The lowest BCUT2D eigenvalue weighted by atomic mass is 9.94. The Balaban J connectivity index is 1.98.